The highest BCUT2D eigenvalue weighted by Gasteiger charge is 2.16. The zero-order valence-electron chi connectivity index (χ0n) is 11.0. The van der Waals surface area contributed by atoms with Crippen LogP contribution < -0.4 is 5.32 Å². The van der Waals surface area contributed by atoms with Crippen molar-refractivity contribution >= 4 is 15.9 Å². The van der Waals surface area contributed by atoms with Crippen LogP contribution in [0.4, 0.5) is 4.39 Å². The number of halogens is 2. The Labute approximate surface area is 121 Å². The van der Waals surface area contributed by atoms with Crippen molar-refractivity contribution in [1.82, 2.24) is 5.32 Å². The quantitative estimate of drug-likeness (QED) is 0.869. The Bertz CT molecular complexity index is 410. The summed E-state index contributed by atoms with van der Waals surface area (Å²) in [6.07, 6.45) is 1.20. The van der Waals surface area contributed by atoms with Gasteiger partial charge in [0, 0.05) is 23.7 Å². The molecule has 1 aromatic carbocycles. The monoisotopic (exact) mass is 331 g/mol. The molecule has 2 rings (SSSR count). The molecule has 2 atom stereocenters. The Hall–Kier alpha value is -0.490. The van der Waals surface area contributed by atoms with Gasteiger partial charge in [0.1, 0.15) is 5.82 Å². The highest BCUT2D eigenvalue weighted by atomic mass is 79.9. The molecule has 1 aliphatic rings. The maximum Gasteiger partial charge on any atom is 0.123 e. The molecule has 1 saturated heterocycles. The summed E-state index contributed by atoms with van der Waals surface area (Å²) in [4.78, 5) is 0. The maximum atomic E-state index is 13.1. The summed E-state index contributed by atoms with van der Waals surface area (Å²) in [5, 5.41) is 3.33. The van der Waals surface area contributed by atoms with Gasteiger partial charge in [-0.3, -0.25) is 0 Å². The Kier molecular flexibility index (Phi) is 5.76. The van der Waals surface area contributed by atoms with Gasteiger partial charge in [-0.25, -0.2) is 4.39 Å². The molecule has 1 N–H and O–H groups in total. The minimum absolute atomic E-state index is 0.216. The number of hydrogen-bond donors (Lipinski definition) is 1. The first-order valence-electron chi connectivity index (χ1n) is 6.52. The first-order valence-corrected chi connectivity index (χ1v) is 7.31. The maximum absolute atomic E-state index is 13.1. The molecule has 5 heteroatoms. The second-order valence-electron chi connectivity index (χ2n) is 4.84. The van der Waals surface area contributed by atoms with E-state index in [0.29, 0.717) is 19.8 Å². The largest absolute Gasteiger partial charge is 0.379 e. The highest BCUT2D eigenvalue weighted by Crippen LogP contribution is 2.17. The molecule has 1 heterocycles. The van der Waals surface area contributed by atoms with Gasteiger partial charge in [0.05, 0.1) is 19.3 Å². The number of rotatable bonds is 6. The number of ether oxygens (including phenoxy) is 2. The summed E-state index contributed by atoms with van der Waals surface area (Å²) in [6, 6.07) is 4.93. The van der Waals surface area contributed by atoms with Gasteiger partial charge in [-0.1, -0.05) is 15.9 Å². The number of benzene rings is 1. The van der Waals surface area contributed by atoms with E-state index in [0.717, 1.165) is 23.1 Å². The predicted molar refractivity (Wildman–Crippen MR) is 75.6 cm³/mol. The van der Waals surface area contributed by atoms with Crippen molar-refractivity contribution in [2.75, 3.05) is 19.8 Å². The summed E-state index contributed by atoms with van der Waals surface area (Å²) in [5.74, 6) is -0.216. The molecular weight excluding hydrogens is 313 g/mol. The van der Waals surface area contributed by atoms with Crippen LogP contribution in [-0.4, -0.2) is 32.0 Å². The van der Waals surface area contributed by atoms with Crippen molar-refractivity contribution in [3.05, 3.63) is 34.1 Å². The van der Waals surface area contributed by atoms with E-state index in [1.807, 2.05) is 0 Å². The lowest BCUT2D eigenvalue weighted by Gasteiger charge is -2.17. The normalized spacial score (nSPS) is 20.7. The van der Waals surface area contributed by atoms with Crippen LogP contribution in [0.3, 0.4) is 0 Å². The zero-order chi connectivity index (χ0) is 13.7. The van der Waals surface area contributed by atoms with E-state index in [4.69, 9.17) is 9.47 Å². The molecule has 0 saturated carbocycles. The molecule has 19 heavy (non-hydrogen) atoms. The molecule has 0 radical (unpaired) electrons. The van der Waals surface area contributed by atoms with Gasteiger partial charge in [-0.05, 0) is 37.1 Å². The molecule has 2 unspecified atom stereocenters. The Morgan fingerprint density at radius 2 is 2.42 bits per heavy atom. The fourth-order valence-corrected chi connectivity index (χ4v) is 2.33. The van der Waals surface area contributed by atoms with E-state index in [1.165, 1.54) is 12.1 Å². The van der Waals surface area contributed by atoms with Crippen LogP contribution >= 0.6 is 15.9 Å². The molecule has 3 nitrogen and oxygen atoms in total. The topological polar surface area (TPSA) is 30.5 Å². The minimum Gasteiger partial charge on any atom is -0.379 e. The third-order valence-corrected chi connectivity index (χ3v) is 3.89. The molecule has 106 valence electrons. The lowest BCUT2D eigenvalue weighted by Crippen LogP contribution is -2.32. The van der Waals surface area contributed by atoms with E-state index >= 15 is 0 Å². The highest BCUT2D eigenvalue weighted by molar-refractivity contribution is 9.10. The number of nitrogens with one attached hydrogen (secondary N) is 1. The first-order chi connectivity index (χ1) is 9.15. The molecule has 1 fully saturated rings. The van der Waals surface area contributed by atoms with Crippen LogP contribution in [0.2, 0.25) is 0 Å². The fraction of sp³-hybridized carbons (Fsp3) is 0.571. The molecule has 0 aliphatic carbocycles. The van der Waals surface area contributed by atoms with Crippen LogP contribution in [-0.2, 0) is 16.0 Å². The Balaban J connectivity index is 1.73. The van der Waals surface area contributed by atoms with Crippen molar-refractivity contribution in [2.24, 2.45) is 0 Å². The predicted octanol–water partition coefficient (Wildman–Crippen LogP) is 2.87. The van der Waals surface area contributed by atoms with E-state index in [9.17, 15) is 4.39 Å². The molecule has 1 aliphatic heterocycles. The average Bonchev–Trinajstić information content (AvgIpc) is 2.90. The first kappa shape index (κ1) is 14.9. The summed E-state index contributed by atoms with van der Waals surface area (Å²) < 4.78 is 25.0. The van der Waals surface area contributed by atoms with Crippen LogP contribution in [0.5, 0.6) is 0 Å². The Morgan fingerprint density at radius 1 is 1.58 bits per heavy atom. The lowest BCUT2D eigenvalue weighted by atomic mass is 10.2. The zero-order valence-corrected chi connectivity index (χ0v) is 12.6. The molecule has 0 bridgehead atoms. The van der Waals surface area contributed by atoms with E-state index < -0.39 is 0 Å². The minimum atomic E-state index is -0.216. The molecule has 0 spiro atoms. The molecule has 0 aromatic heterocycles. The smallest absolute Gasteiger partial charge is 0.123 e. The van der Waals surface area contributed by atoms with Crippen molar-refractivity contribution < 1.29 is 13.9 Å². The fourth-order valence-electron chi connectivity index (χ4n) is 1.95. The van der Waals surface area contributed by atoms with Gasteiger partial charge in [0.15, 0.2) is 0 Å². The average molecular weight is 332 g/mol. The summed E-state index contributed by atoms with van der Waals surface area (Å²) in [5.41, 5.74) is 0.913. The third-order valence-electron chi connectivity index (χ3n) is 3.12. The third kappa shape index (κ3) is 4.84. The van der Waals surface area contributed by atoms with E-state index in [-0.39, 0.29) is 18.0 Å². The lowest BCUT2D eigenvalue weighted by molar-refractivity contribution is 0.0322. The van der Waals surface area contributed by atoms with Gasteiger partial charge < -0.3 is 14.8 Å². The number of hydrogen-bond acceptors (Lipinski definition) is 3. The van der Waals surface area contributed by atoms with E-state index in [1.54, 1.807) is 6.07 Å². The van der Waals surface area contributed by atoms with Gasteiger partial charge in [-0.2, -0.15) is 0 Å². The van der Waals surface area contributed by atoms with Crippen LogP contribution in [0.1, 0.15) is 18.9 Å². The van der Waals surface area contributed by atoms with E-state index in [2.05, 4.69) is 28.2 Å². The SMILES string of the molecule is CC(COC1CCOC1)NCc1cc(F)ccc1Br. The summed E-state index contributed by atoms with van der Waals surface area (Å²) in [6.45, 7) is 4.80. The Morgan fingerprint density at radius 3 is 3.16 bits per heavy atom. The molecular formula is C14H19BrFNO2. The van der Waals surface area contributed by atoms with Gasteiger partial charge in [0.25, 0.3) is 0 Å². The summed E-state index contributed by atoms with van der Waals surface area (Å²) in [7, 11) is 0. The van der Waals surface area contributed by atoms with Gasteiger partial charge in [-0.15, -0.1) is 0 Å². The van der Waals surface area contributed by atoms with Gasteiger partial charge in [0.2, 0.25) is 0 Å². The van der Waals surface area contributed by atoms with Crippen molar-refractivity contribution in [1.29, 1.82) is 0 Å². The van der Waals surface area contributed by atoms with Gasteiger partial charge >= 0.3 is 0 Å². The van der Waals surface area contributed by atoms with Crippen LogP contribution in [0.15, 0.2) is 22.7 Å². The second kappa shape index (κ2) is 7.33. The van der Waals surface area contributed by atoms with Crippen LogP contribution in [0, 0.1) is 5.82 Å². The molecule has 1 aromatic rings. The molecule has 0 amide bonds. The second-order valence-corrected chi connectivity index (χ2v) is 5.69. The standard InChI is InChI=1S/C14H19BrFNO2/c1-10(8-19-13-4-5-18-9-13)17-7-11-6-12(16)2-3-14(11)15/h2-3,6,10,13,17H,4-5,7-9H2,1H3. The van der Waals surface area contributed by atoms with Crippen molar-refractivity contribution in [2.45, 2.75) is 32.0 Å². The van der Waals surface area contributed by atoms with Crippen molar-refractivity contribution in [3.8, 4) is 0 Å². The van der Waals surface area contributed by atoms with Crippen LogP contribution in [0.25, 0.3) is 0 Å². The summed E-state index contributed by atoms with van der Waals surface area (Å²) >= 11 is 3.42. The van der Waals surface area contributed by atoms with Crippen molar-refractivity contribution in [3.63, 3.8) is 0 Å².